The van der Waals surface area contributed by atoms with E-state index in [2.05, 4.69) is 29.5 Å². The van der Waals surface area contributed by atoms with Crippen molar-refractivity contribution < 1.29 is 14.3 Å². The highest BCUT2D eigenvalue weighted by molar-refractivity contribution is 5.94. The van der Waals surface area contributed by atoms with Gasteiger partial charge >= 0.3 is 0 Å². The molecule has 6 nitrogen and oxygen atoms in total. The highest BCUT2D eigenvalue weighted by atomic mass is 16.5. The summed E-state index contributed by atoms with van der Waals surface area (Å²) in [5, 5.41) is 7.57. The Morgan fingerprint density at radius 2 is 1.86 bits per heavy atom. The van der Waals surface area contributed by atoms with E-state index in [-0.39, 0.29) is 5.91 Å². The Balaban J connectivity index is 1.43. The maximum atomic E-state index is 12.8. The van der Waals surface area contributed by atoms with E-state index in [4.69, 9.17) is 9.47 Å². The number of nitrogens with zero attached hydrogens (tertiary/aromatic N) is 2. The molecule has 0 saturated carbocycles. The number of para-hydroxylation sites is 2. The van der Waals surface area contributed by atoms with Crippen LogP contribution in [0.3, 0.4) is 0 Å². The minimum absolute atomic E-state index is 0.155. The first-order chi connectivity index (χ1) is 14.2. The number of hydrogen-bond acceptors (Lipinski definition) is 4. The molecular weight excluding hydrogens is 366 g/mol. The molecule has 29 heavy (non-hydrogen) atoms. The molecule has 6 heteroatoms. The fourth-order valence-electron chi connectivity index (χ4n) is 3.67. The summed E-state index contributed by atoms with van der Waals surface area (Å²) in [5.74, 6) is 1.18. The Kier molecular flexibility index (Phi) is 5.51. The summed E-state index contributed by atoms with van der Waals surface area (Å²) in [5.41, 5.74) is 4.92. The van der Waals surface area contributed by atoms with Gasteiger partial charge in [-0.3, -0.25) is 4.79 Å². The third-order valence-corrected chi connectivity index (χ3v) is 5.14. The van der Waals surface area contributed by atoms with Crippen molar-refractivity contribution in [3.63, 3.8) is 0 Å². The fraction of sp³-hybridized carbons (Fsp3) is 0.304. The summed E-state index contributed by atoms with van der Waals surface area (Å²) < 4.78 is 12.9. The van der Waals surface area contributed by atoms with E-state index in [9.17, 15) is 4.79 Å². The number of benzene rings is 2. The Bertz CT molecular complexity index is 1010. The van der Waals surface area contributed by atoms with Crippen LogP contribution in [0.2, 0.25) is 0 Å². The van der Waals surface area contributed by atoms with Gasteiger partial charge in [-0.2, -0.15) is 5.10 Å². The summed E-state index contributed by atoms with van der Waals surface area (Å²) in [4.78, 5) is 12.8. The van der Waals surface area contributed by atoms with Crippen LogP contribution in [-0.4, -0.2) is 35.9 Å². The monoisotopic (exact) mass is 391 g/mol. The van der Waals surface area contributed by atoms with Crippen molar-refractivity contribution in [2.45, 2.75) is 26.2 Å². The number of aryl methyl sites for hydroxylation is 1. The quantitative estimate of drug-likeness (QED) is 0.626. The van der Waals surface area contributed by atoms with Gasteiger partial charge in [0, 0.05) is 11.3 Å². The Hall–Kier alpha value is -3.28. The predicted octanol–water partition coefficient (Wildman–Crippen LogP) is 3.49. The van der Waals surface area contributed by atoms with E-state index < -0.39 is 0 Å². The van der Waals surface area contributed by atoms with E-state index in [0.717, 1.165) is 36.2 Å². The molecule has 0 saturated heterocycles. The molecule has 1 aliphatic carbocycles. The molecule has 0 bridgehead atoms. The Morgan fingerprint density at radius 1 is 1.10 bits per heavy atom. The molecule has 0 spiro atoms. The summed E-state index contributed by atoms with van der Waals surface area (Å²) in [7, 11) is 1.61. The van der Waals surface area contributed by atoms with Gasteiger partial charge in [0.2, 0.25) is 0 Å². The number of fused-ring (bicyclic) bond motifs is 1. The maximum absolute atomic E-state index is 12.8. The molecule has 1 amide bonds. The average molecular weight is 391 g/mol. The van der Waals surface area contributed by atoms with Crippen LogP contribution in [0.15, 0.2) is 48.5 Å². The van der Waals surface area contributed by atoms with Gasteiger partial charge in [-0.25, -0.2) is 4.68 Å². The molecule has 0 fully saturated rings. The van der Waals surface area contributed by atoms with Crippen molar-refractivity contribution in [1.29, 1.82) is 0 Å². The lowest BCUT2D eigenvalue weighted by Gasteiger charge is -2.10. The minimum atomic E-state index is -0.155. The van der Waals surface area contributed by atoms with Crippen molar-refractivity contribution in [3.8, 4) is 17.2 Å². The van der Waals surface area contributed by atoms with Crippen LogP contribution in [0.5, 0.6) is 11.5 Å². The SMILES string of the molecule is COc1ccccc1OCCNC(=O)c1nn(-c2ccc(C)cc2)c2c1CCC2. The zero-order valence-corrected chi connectivity index (χ0v) is 16.8. The molecule has 0 radical (unpaired) electrons. The van der Waals surface area contributed by atoms with Crippen LogP contribution in [0, 0.1) is 6.92 Å². The summed E-state index contributed by atoms with van der Waals surface area (Å²) in [6.07, 6.45) is 2.89. The Morgan fingerprint density at radius 3 is 2.62 bits per heavy atom. The van der Waals surface area contributed by atoms with Gasteiger partial charge in [-0.05, 0) is 50.5 Å². The smallest absolute Gasteiger partial charge is 0.272 e. The number of carbonyl (C=O) groups excluding carboxylic acids is 1. The third kappa shape index (κ3) is 3.97. The minimum Gasteiger partial charge on any atom is -0.493 e. The number of hydrogen-bond donors (Lipinski definition) is 1. The van der Waals surface area contributed by atoms with Crippen LogP contribution in [-0.2, 0) is 12.8 Å². The highest BCUT2D eigenvalue weighted by Crippen LogP contribution is 2.28. The normalized spacial score (nSPS) is 12.5. The maximum Gasteiger partial charge on any atom is 0.272 e. The number of nitrogens with one attached hydrogen (secondary N) is 1. The lowest BCUT2D eigenvalue weighted by Crippen LogP contribution is -2.29. The van der Waals surface area contributed by atoms with Gasteiger partial charge in [0.15, 0.2) is 17.2 Å². The lowest BCUT2D eigenvalue weighted by atomic mass is 10.2. The van der Waals surface area contributed by atoms with Gasteiger partial charge in [0.1, 0.15) is 6.61 Å². The van der Waals surface area contributed by atoms with Crippen LogP contribution >= 0.6 is 0 Å². The first-order valence-corrected chi connectivity index (χ1v) is 9.89. The van der Waals surface area contributed by atoms with Crippen molar-refractivity contribution in [3.05, 3.63) is 71.0 Å². The zero-order chi connectivity index (χ0) is 20.2. The van der Waals surface area contributed by atoms with Crippen molar-refractivity contribution in [2.24, 2.45) is 0 Å². The second kappa shape index (κ2) is 8.39. The second-order valence-electron chi connectivity index (χ2n) is 7.13. The molecule has 1 aromatic heterocycles. The lowest BCUT2D eigenvalue weighted by molar-refractivity contribution is 0.0940. The molecule has 1 heterocycles. The number of carbonyl (C=O) groups is 1. The van der Waals surface area contributed by atoms with Gasteiger partial charge in [-0.1, -0.05) is 29.8 Å². The van der Waals surface area contributed by atoms with Crippen LogP contribution in [0.25, 0.3) is 5.69 Å². The molecule has 0 aliphatic heterocycles. The van der Waals surface area contributed by atoms with Crippen molar-refractivity contribution in [2.75, 3.05) is 20.3 Å². The largest absolute Gasteiger partial charge is 0.493 e. The van der Waals surface area contributed by atoms with Gasteiger partial charge < -0.3 is 14.8 Å². The molecule has 0 unspecified atom stereocenters. The van der Waals surface area contributed by atoms with Crippen molar-refractivity contribution in [1.82, 2.24) is 15.1 Å². The van der Waals surface area contributed by atoms with E-state index in [1.807, 2.05) is 41.1 Å². The molecule has 1 N–H and O–H groups in total. The molecule has 150 valence electrons. The van der Waals surface area contributed by atoms with E-state index in [0.29, 0.717) is 30.3 Å². The molecule has 1 aliphatic rings. The summed E-state index contributed by atoms with van der Waals surface area (Å²) in [6, 6.07) is 15.7. The van der Waals surface area contributed by atoms with Gasteiger partial charge in [0.05, 0.1) is 19.3 Å². The molecule has 3 aromatic rings. The summed E-state index contributed by atoms with van der Waals surface area (Å²) >= 11 is 0. The van der Waals surface area contributed by atoms with Crippen LogP contribution < -0.4 is 14.8 Å². The van der Waals surface area contributed by atoms with E-state index >= 15 is 0 Å². The molecule has 4 rings (SSSR count). The van der Waals surface area contributed by atoms with Crippen LogP contribution in [0.1, 0.15) is 33.7 Å². The van der Waals surface area contributed by atoms with Gasteiger partial charge in [0.25, 0.3) is 5.91 Å². The number of amides is 1. The van der Waals surface area contributed by atoms with Gasteiger partial charge in [-0.15, -0.1) is 0 Å². The standard InChI is InChI=1S/C23H25N3O3/c1-16-10-12-17(13-11-16)26-19-7-5-6-18(19)22(25-26)23(27)24-14-15-29-21-9-4-3-8-20(21)28-2/h3-4,8-13H,5-7,14-15H2,1-2H3,(H,24,27). The molecule has 0 atom stereocenters. The van der Waals surface area contributed by atoms with Crippen molar-refractivity contribution >= 4 is 5.91 Å². The summed E-state index contributed by atoms with van der Waals surface area (Å²) in [6.45, 7) is 2.80. The Labute approximate surface area is 170 Å². The number of ether oxygens (including phenoxy) is 2. The number of rotatable bonds is 7. The zero-order valence-electron chi connectivity index (χ0n) is 16.8. The average Bonchev–Trinajstić information content (AvgIpc) is 3.35. The van der Waals surface area contributed by atoms with E-state index in [1.165, 1.54) is 5.56 Å². The first-order valence-electron chi connectivity index (χ1n) is 9.89. The second-order valence-corrected chi connectivity index (χ2v) is 7.13. The fourth-order valence-corrected chi connectivity index (χ4v) is 3.67. The highest BCUT2D eigenvalue weighted by Gasteiger charge is 2.26. The predicted molar refractivity (Wildman–Crippen MR) is 111 cm³/mol. The number of methoxy groups -OCH3 is 1. The third-order valence-electron chi connectivity index (χ3n) is 5.14. The van der Waals surface area contributed by atoms with E-state index in [1.54, 1.807) is 7.11 Å². The first kappa shape index (κ1) is 19.1. The van der Waals surface area contributed by atoms with Crippen LogP contribution in [0.4, 0.5) is 0 Å². The number of aromatic nitrogens is 2. The molecule has 2 aromatic carbocycles. The molecular formula is C23H25N3O3. The topological polar surface area (TPSA) is 65.4 Å².